The first-order valence-electron chi connectivity index (χ1n) is 7.74. The molecule has 4 nitrogen and oxygen atoms in total. The Morgan fingerprint density at radius 1 is 1.29 bits per heavy atom. The van der Waals surface area contributed by atoms with Crippen molar-refractivity contribution in [2.75, 3.05) is 6.54 Å². The van der Waals surface area contributed by atoms with Gasteiger partial charge in [0.25, 0.3) is 0 Å². The molecule has 0 amide bonds. The summed E-state index contributed by atoms with van der Waals surface area (Å²) in [6, 6.07) is 9.83. The fourth-order valence-corrected chi connectivity index (χ4v) is 3.15. The van der Waals surface area contributed by atoms with E-state index in [-0.39, 0.29) is 5.92 Å². The van der Waals surface area contributed by atoms with Gasteiger partial charge in [-0.15, -0.1) is 0 Å². The van der Waals surface area contributed by atoms with Crippen molar-refractivity contribution < 1.29 is 22.8 Å². The van der Waals surface area contributed by atoms with Crippen LogP contribution in [0.5, 0.6) is 0 Å². The number of rotatable bonds is 3. The average molecular weight is 340 g/mol. The van der Waals surface area contributed by atoms with Crippen molar-refractivity contribution in [2.24, 2.45) is 0 Å². The van der Waals surface area contributed by atoms with Crippen LogP contribution in [0.4, 0.5) is 13.2 Å². The molecule has 2 aromatic rings. The zero-order chi connectivity index (χ0) is 17.5. The summed E-state index contributed by atoms with van der Waals surface area (Å²) in [5, 5.41) is 13.5. The van der Waals surface area contributed by atoms with E-state index in [0.29, 0.717) is 37.9 Å². The Bertz CT molecular complexity index is 710. The van der Waals surface area contributed by atoms with Gasteiger partial charge in [0.1, 0.15) is 5.69 Å². The second-order valence-electron chi connectivity index (χ2n) is 6.49. The Hall–Kier alpha value is -1.86. The van der Waals surface area contributed by atoms with Gasteiger partial charge in [-0.25, -0.2) is 0 Å². The number of nitrogens with zero attached hydrogens (tertiary/aromatic N) is 2. The lowest BCUT2D eigenvalue weighted by molar-refractivity contribution is -0.261. The Kier molecular flexibility index (Phi) is 4.17. The molecule has 0 unspecified atom stereocenters. The summed E-state index contributed by atoms with van der Waals surface area (Å²) in [7, 11) is 0. The zero-order valence-corrected chi connectivity index (χ0v) is 13.5. The first-order chi connectivity index (χ1) is 11.2. The van der Waals surface area contributed by atoms with Crippen LogP contribution >= 0.6 is 0 Å². The lowest BCUT2D eigenvalue weighted by Crippen LogP contribution is -2.41. The van der Waals surface area contributed by atoms with Crippen molar-refractivity contribution in [1.82, 2.24) is 10.1 Å². The lowest BCUT2D eigenvalue weighted by atomic mass is 9.87. The monoisotopic (exact) mass is 340 g/mol. The van der Waals surface area contributed by atoms with Crippen molar-refractivity contribution in [1.29, 1.82) is 0 Å². The van der Waals surface area contributed by atoms with Gasteiger partial charge in [-0.3, -0.25) is 4.90 Å². The number of halogens is 3. The molecule has 1 aliphatic heterocycles. The summed E-state index contributed by atoms with van der Waals surface area (Å²) < 4.78 is 44.5. The molecule has 1 aromatic heterocycles. The average Bonchev–Trinajstić information content (AvgIpc) is 2.92. The topological polar surface area (TPSA) is 49.5 Å². The van der Waals surface area contributed by atoms with Gasteiger partial charge < -0.3 is 9.63 Å². The van der Waals surface area contributed by atoms with E-state index in [9.17, 15) is 18.3 Å². The molecule has 1 aliphatic rings. The van der Waals surface area contributed by atoms with E-state index in [2.05, 4.69) is 10.1 Å². The van der Waals surface area contributed by atoms with E-state index < -0.39 is 17.5 Å². The first-order valence-corrected chi connectivity index (χ1v) is 7.74. The van der Waals surface area contributed by atoms with Crippen LogP contribution in [0.15, 0.2) is 34.9 Å². The SMILES string of the molecule is C[C@H]1CN(Cc2ccccc2)Cc2onc([C@@](C)(O)C(F)(F)F)c21. The summed E-state index contributed by atoms with van der Waals surface area (Å²) >= 11 is 0. The van der Waals surface area contributed by atoms with Gasteiger partial charge in [0, 0.05) is 18.7 Å². The molecule has 130 valence electrons. The molecule has 3 rings (SSSR count). The third-order valence-electron chi connectivity index (χ3n) is 4.46. The van der Waals surface area contributed by atoms with Gasteiger partial charge in [-0.2, -0.15) is 13.2 Å². The minimum atomic E-state index is -4.81. The third kappa shape index (κ3) is 2.93. The fourth-order valence-electron chi connectivity index (χ4n) is 3.15. The molecule has 0 spiro atoms. The molecule has 0 aliphatic carbocycles. The van der Waals surface area contributed by atoms with Crippen LogP contribution in [-0.2, 0) is 18.7 Å². The molecule has 1 N–H and O–H groups in total. The van der Waals surface area contributed by atoms with E-state index in [1.54, 1.807) is 0 Å². The maximum absolute atomic E-state index is 13.1. The minimum Gasteiger partial charge on any atom is -0.375 e. The first kappa shape index (κ1) is 17.0. The molecule has 0 fully saturated rings. The van der Waals surface area contributed by atoms with E-state index in [1.165, 1.54) is 0 Å². The molecule has 0 bridgehead atoms. The van der Waals surface area contributed by atoms with Crippen LogP contribution < -0.4 is 0 Å². The van der Waals surface area contributed by atoms with Gasteiger partial charge in [0.2, 0.25) is 5.60 Å². The van der Waals surface area contributed by atoms with Crippen molar-refractivity contribution in [3.05, 3.63) is 52.9 Å². The van der Waals surface area contributed by atoms with Crippen molar-refractivity contribution in [3.63, 3.8) is 0 Å². The highest BCUT2D eigenvalue weighted by molar-refractivity contribution is 5.34. The largest absolute Gasteiger partial charge is 0.422 e. The maximum atomic E-state index is 13.1. The van der Waals surface area contributed by atoms with Gasteiger partial charge >= 0.3 is 6.18 Å². The molecular weight excluding hydrogens is 321 g/mol. The van der Waals surface area contributed by atoms with Gasteiger partial charge in [0.05, 0.1) is 6.54 Å². The van der Waals surface area contributed by atoms with E-state index in [0.717, 1.165) is 5.56 Å². The van der Waals surface area contributed by atoms with Crippen molar-refractivity contribution in [2.45, 2.75) is 44.6 Å². The van der Waals surface area contributed by atoms with Crippen LogP contribution in [0.25, 0.3) is 0 Å². The predicted octanol–water partition coefficient (Wildman–Crippen LogP) is 3.56. The Labute approximate surface area is 137 Å². The standard InChI is InChI=1S/C17H19F3N2O2/c1-11-8-22(9-12-6-4-3-5-7-12)10-13-14(11)15(21-24-13)16(2,23)17(18,19)20/h3-7,11,23H,8-10H2,1-2H3/t11-,16+/m0/s1. The summed E-state index contributed by atoms with van der Waals surface area (Å²) in [6.07, 6.45) is -4.81. The second-order valence-corrected chi connectivity index (χ2v) is 6.49. The molecule has 24 heavy (non-hydrogen) atoms. The number of hydrogen-bond donors (Lipinski definition) is 1. The molecular formula is C17H19F3N2O2. The van der Waals surface area contributed by atoms with Gasteiger partial charge in [-0.1, -0.05) is 42.4 Å². The molecule has 0 saturated carbocycles. The molecule has 0 saturated heterocycles. The number of hydrogen-bond acceptors (Lipinski definition) is 4. The number of alkyl halides is 3. The highest BCUT2D eigenvalue weighted by atomic mass is 19.4. The fraction of sp³-hybridized carbons (Fsp3) is 0.471. The second kappa shape index (κ2) is 5.89. The summed E-state index contributed by atoms with van der Waals surface area (Å²) in [6.45, 7) is 4.16. The Morgan fingerprint density at radius 2 is 1.96 bits per heavy atom. The lowest BCUT2D eigenvalue weighted by Gasteiger charge is -2.32. The number of benzene rings is 1. The third-order valence-corrected chi connectivity index (χ3v) is 4.46. The number of aromatic nitrogens is 1. The molecule has 0 radical (unpaired) electrons. The summed E-state index contributed by atoms with van der Waals surface area (Å²) in [4.78, 5) is 2.10. The molecule has 2 atom stereocenters. The van der Waals surface area contributed by atoms with E-state index in [1.807, 2.05) is 37.3 Å². The molecule has 7 heteroatoms. The highest BCUT2D eigenvalue weighted by Gasteiger charge is 2.55. The van der Waals surface area contributed by atoms with E-state index >= 15 is 0 Å². The van der Waals surface area contributed by atoms with Crippen LogP contribution in [0, 0.1) is 0 Å². The van der Waals surface area contributed by atoms with Gasteiger partial charge in [-0.05, 0) is 18.4 Å². The zero-order valence-electron chi connectivity index (χ0n) is 13.5. The maximum Gasteiger partial charge on any atom is 0.422 e. The smallest absolute Gasteiger partial charge is 0.375 e. The minimum absolute atomic E-state index is 0.215. The number of aliphatic hydroxyl groups is 1. The highest BCUT2D eigenvalue weighted by Crippen LogP contribution is 2.43. The predicted molar refractivity (Wildman–Crippen MR) is 81.1 cm³/mol. The van der Waals surface area contributed by atoms with Gasteiger partial charge in [0.15, 0.2) is 5.76 Å². The Morgan fingerprint density at radius 3 is 2.58 bits per heavy atom. The molecule has 1 aromatic carbocycles. The van der Waals surface area contributed by atoms with Crippen LogP contribution in [0.1, 0.15) is 42.3 Å². The Balaban J connectivity index is 1.86. The normalized spacial score (nSPS) is 21.3. The van der Waals surface area contributed by atoms with E-state index in [4.69, 9.17) is 4.52 Å². The van der Waals surface area contributed by atoms with Crippen LogP contribution in [0.2, 0.25) is 0 Å². The molecule has 2 heterocycles. The van der Waals surface area contributed by atoms with Crippen molar-refractivity contribution in [3.8, 4) is 0 Å². The van der Waals surface area contributed by atoms with Crippen LogP contribution in [0.3, 0.4) is 0 Å². The quantitative estimate of drug-likeness (QED) is 0.928. The van der Waals surface area contributed by atoms with Crippen LogP contribution in [-0.4, -0.2) is 27.9 Å². The summed E-state index contributed by atoms with van der Waals surface area (Å²) in [5.41, 5.74) is -1.94. The van der Waals surface area contributed by atoms with Crippen molar-refractivity contribution >= 4 is 0 Å². The number of fused-ring (bicyclic) bond motifs is 1. The summed E-state index contributed by atoms with van der Waals surface area (Å²) in [5.74, 6) is 0.178.